The molecule has 0 saturated carbocycles. The number of hydrogen-bond donors (Lipinski definition) is 4. The topological polar surface area (TPSA) is 231 Å². The Balaban J connectivity index is 4.53. The van der Waals surface area contributed by atoms with Gasteiger partial charge in [-0.3, -0.25) is 32.5 Å². The Labute approximate surface area is 702 Å². The summed E-state index contributed by atoms with van der Waals surface area (Å²) in [5.41, 5.74) is 0. The van der Waals surface area contributed by atoms with E-state index < -0.39 is 91.5 Å². The molecule has 0 aliphatic carbocycles. The number of phosphoric acid groups is 2. The quantitative estimate of drug-likeness (QED) is 0.0146. The first-order valence-corrected chi connectivity index (χ1v) is 49.1. The number of unbranched alkanes of at least 4 members (excludes halogenated alkanes) is 40. The van der Waals surface area contributed by atoms with Crippen molar-refractivity contribution in [3.05, 3.63) is 146 Å². The van der Waals surface area contributed by atoms with Gasteiger partial charge in [0.25, 0.3) is 0 Å². The van der Waals surface area contributed by atoms with Gasteiger partial charge in [0.1, 0.15) is 25.4 Å². The predicted molar refractivity (Wildman–Crippen MR) is 482 cm³/mol. The SMILES string of the molecule is CC/C=C\C/C=C\C/C=C\C/C=C\C/C=C\CCCCCCCCCCCCCCCCCCCC(=O)OCC(O)COP(=O)(O)OCC(O)COP(=O)(O)OCC(COC(=O)CCCCCCCCCCCCC/C=C\C/C=C\C/C=C\C/C=C\CCCCC)OC(=O)CCCCCCCC/C=C\C/C=C\C/C=C\CCCCC. The Hall–Kier alpha value is -4.57. The van der Waals surface area contributed by atoms with Crippen molar-refractivity contribution in [2.75, 3.05) is 39.6 Å². The van der Waals surface area contributed by atoms with Crippen molar-refractivity contribution >= 4 is 33.6 Å². The normalized spacial score (nSPS) is 14.5. The number of phosphoric ester groups is 2. The highest BCUT2D eigenvalue weighted by molar-refractivity contribution is 7.47. The molecular weight excluding hydrogens is 1480 g/mol. The van der Waals surface area contributed by atoms with E-state index in [1.807, 2.05) is 0 Å². The van der Waals surface area contributed by atoms with Crippen LogP contribution in [0.15, 0.2) is 146 Å². The van der Waals surface area contributed by atoms with Crippen LogP contribution in [0.5, 0.6) is 0 Å². The average molecular weight is 1650 g/mol. The van der Waals surface area contributed by atoms with Crippen LogP contribution < -0.4 is 0 Å². The highest BCUT2D eigenvalue weighted by Crippen LogP contribution is 2.45. The largest absolute Gasteiger partial charge is 0.472 e. The lowest BCUT2D eigenvalue weighted by atomic mass is 10.0. The van der Waals surface area contributed by atoms with Gasteiger partial charge < -0.3 is 34.2 Å². The Morgan fingerprint density at radius 2 is 0.461 bits per heavy atom. The molecule has 0 amide bonds. The number of aliphatic hydroxyl groups excluding tert-OH is 2. The first-order chi connectivity index (χ1) is 56.2. The van der Waals surface area contributed by atoms with Crippen LogP contribution in [-0.4, -0.2) is 95.9 Å². The molecule has 4 N–H and O–H groups in total. The van der Waals surface area contributed by atoms with E-state index in [-0.39, 0.29) is 19.3 Å². The maximum atomic E-state index is 13.0. The molecule has 0 aromatic carbocycles. The zero-order valence-electron chi connectivity index (χ0n) is 72.9. The van der Waals surface area contributed by atoms with E-state index in [4.69, 9.17) is 32.3 Å². The van der Waals surface area contributed by atoms with Gasteiger partial charge in [0, 0.05) is 19.3 Å². The number of allylic oxidation sites excluding steroid dienone is 24. The minimum Gasteiger partial charge on any atom is -0.463 e. The lowest BCUT2D eigenvalue weighted by Crippen LogP contribution is -2.30. The van der Waals surface area contributed by atoms with Gasteiger partial charge in [0.2, 0.25) is 0 Å². The molecule has 0 aromatic heterocycles. The van der Waals surface area contributed by atoms with Gasteiger partial charge >= 0.3 is 33.6 Å². The Morgan fingerprint density at radius 1 is 0.252 bits per heavy atom. The van der Waals surface area contributed by atoms with Gasteiger partial charge in [0.15, 0.2) is 6.10 Å². The van der Waals surface area contributed by atoms with Crippen molar-refractivity contribution in [2.45, 2.75) is 411 Å². The van der Waals surface area contributed by atoms with Crippen molar-refractivity contribution in [1.29, 1.82) is 0 Å². The smallest absolute Gasteiger partial charge is 0.463 e. The van der Waals surface area contributed by atoms with Crippen LogP contribution >= 0.6 is 15.6 Å². The number of esters is 3. The molecular formula is C97H168O16P2. The van der Waals surface area contributed by atoms with Crippen molar-refractivity contribution < 1.29 is 75.8 Å². The number of carbonyl (C=O) groups is 3. The third kappa shape index (κ3) is 90.0. The minimum atomic E-state index is -4.94. The molecule has 5 atom stereocenters. The molecule has 0 rings (SSSR count). The molecule has 18 heteroatoms. The third-order valence-electron chi connectivity index (χ3n) is 19.5. The van der Waals surface area contributed by atoms with Crippen molar-refractivity contribution in [3.63, 3.8) is 0 Å². The van der Waals surface area contributed by atoms with E-state index in [1.54, 1.807) is 0 Å². The van der Waals surface area contributed by atoms with Crippen molar-refractivity contribution in [3.8, 4) is 0 Å². The van der Waals surface area contributed by atoms with E-state index in [0.29, 0.717) is 19.3 Å². The molecule has 0 radical (unpaired) electrons. The van der Waals surface area contributed by atoms with E-state index in [2.05, 4.69) is 167 Å². The van der Waals surface area contributed by atoms with E-state index in [0.717, 1.165) is 161 Å². The summed E-state index contributed by atoms with van der Waals surface area (Å²) in [6, 6.07) is 0. The molecule has 0 bridgehead atoms. The van der Waals surface area contributed by atoms with Crippen LogP contribution in [0.4, 0.5) is 0 Å². The highest BCUT2D eigenvalue weighted by Gasteiger charge is 2.29. The molecule has 16 nitrogen and oxygen atoms in total. The maximum absolute atomic E-state index is 13.0. The predicted octanol–water partition coefficient (Wildman–Crippen LogP) is 28.3. The number of rotatable bonds is 87. The minimum absolute atomic E-state index is 0.0876. The van der Waals surface area contributed by atoms with Gasteiger partial charge in [-0.1, -0.05) is 372 Å². The first-order valence-electron chi connectivity index (χ1n) is 46.1. The van der Waals surface area contributed by atoms with Crippen LogP contribution in [0.2, 0.25) is 0 Å². The summed E-state index contributed by atoms with van der Waals surface area (Å²) < 4.78 is 61.5. The summed E-state index contributed by atoms with van der Waals surface area (Å²) >= 11 is 0. The summed E-state index contributed by atoms with van der Waals surface area (Å²) in [6.45, 7) is 2.55. The van der Waals surface area contributed by atoms with Gasteiger partial charge in [-0.15, -0.1) is 0 Å². The standard InChI is InChI=1S/C97H168O16P2/c1-4-7-10-13-16-19-22-25-28-31-34-36-38-40-42-43-44-45-46-47-49-51-52-54-57-59-62-65-68-71-74-77-80-83-95(100)107-86-92(98)87-109-114(103,104)110-88-93(99)89-111-115(105,106)112-91-94(113-97(102)85-82-79-76-73-70-67-64-61-56-33-30-27-24-21-18-15-12-9-6-3)90-108-96(101)84-81-78-75-72-69-66-63-60-58-55-53-50-48-41-39-37-35-32-29-26-23-20-17-14-11-8-5-2/h7,10,16-21,25-30,34-37,40-42,48,56,61,92-94,98-99H,4-6,8-9,11-15,22-24,31-33,38-39,43-47,49-55,57-60,62-91H2,1-3H3,(H,103,104)(H,105,106)/b10-7-,19-16-,20-17-,21-18-,28-25-,29-26-,30-27-,36-34-,37-35-,42-40-,48-41-,61-56-. The Morgan fingerprint density at radius 3 is 0.730 bits per heavy atom. The summed E-state index contributed by atoms with van der Waals surface area (Å²) in [4.78, 5) is 59.0. The number of ether oxygens (including phenoxy) is 3. The summed E-state index contributed by atoms with van der Waals surface area (Å²) in [6.07, 6.45) is 112. The molecule has 0 heterocycles. The van der Waals surface area contributed by atoms with E-state index in [1.165, 1.54) is 173 Å². The summed E-state index contributed by atoms with van der Waals surface area (Å²) in [7, 11) is -9.81. The number of aliphatic hydroxyl groups is 2. The molecule has 115 heavy (non-hydrogen) atoms. The molecule has 0 aliphatic heterocycles. The average Bonchev–Trinajstić information content (AvgIpc) is 0.902. The highest BCUT2D eigenvalue weighted by atomic mass is 31.2. The monoisotopic (exact) mass is 1650 g/mol. The van der Waals surface area contributed by atoms with Gasteiger partial charge in [0.05, 0.1) is 26.4 Å². The van der Waals surface area contributed by atoms with E-state index >= 15 is 0 Å². The zero-order valence-corrected chi connectivity index (χ0v) is 74.7. The van der Waals surface area contributed by atoms with Crippen LogP contribution in [-0.2, 0) is 55.8 Å². The Kier molecular flexibility index (Phi) is 85.2. The second-order valence-corrected chi connectivity index (χ2v) is 33.6. The lowest BCUT2D eigenvalue weighted by Gasteiger charge is -2.21. The van der Waals surface area contributed by atoms with Crippen LogP contribution in [0.25, 0.3) is 0 Å². The molecule has 0 fully saturated rings. The second-order valence-electron chi connectivity index (χ2n) is 30.7. The molecule has 0 spiro atoms. The lowest BCUT2D eigenvalue weighted by molar-refractivity contribution is -0.161. The number of carbonyl (C=O) groups excluding carboxylic acids is 3. The fourth-order valence-corrected chi connectivity index (χ4v) is 14.1. The van der Waals surface area contributed by atoms with Gasteiger partial charge in [-0.05, 0) is 148 Å². The summed E-state index contributed by atoms with van der Waals surface area (Å²) in [5.74, 6) is -1.58. The van der Waals surface area contributed by atoms with Gasteiger partial charge in [-0.25, -0.2) is 9.13 Å². The van der Waals surface area contributed by atoms with Crippen molar-refractivity contribution in [2.24, 2.45) is 0 Å². The second kappa shape index (κ2) is 88.7. The third-order valence-corrected chi connectivity index (χ3v) is 21.4. The molecule has 5 unspecified atom stereocenters. The Bertz CT molecular complexity index is 2670. The number of hydrogen-bond acceptors (Lipinski definition) is 14. The molecule has 0 aromatic rings. The molecule has 662 valence electrons. The molecule has 0 aliphatic rings. The van der Waals surface area contributed by atoms with Crippen molar-refractivity contribution in [1.82, 2.24) is 0 Å². The van der Waals surface area contributed by atoms with E-state index in [9.17, 15) is 43.5 Å². The fraction of sp³-hybridized carbons (Fsp3) is 0.722. The summed E-state index contributed by atoms with van der Waals surface area (Å²) in [5, 5.41) is 20.7. The molecule has 0 saturated heterocycles. The fourth-order valence-electron chi connectivity index (χ4n) is 12.5. The van der Waals surface area contributed by atoms with Crippen LogP contribution in [0.3, 0.4) is 0 Å². The first kappa shape index (κ1) is 110. The van der Waals surface area contributed by atoms with Crippen LogP contribution in [0.1, 0.15) is 393 Å². The van der Waals surface area contributed by atoms with Crippen LogP contribution in [0, 0.1) is 0 Å². The zero-order chi connectivity index (χ0) is 83.6. The maximum Gasteiger partial charge on any atom is 0.472 e. The van der Waals surface area contributed by atoms with Gasteiger partial charge in [-0.2, -0.15) is 0 Å².